The van der Waals surface area contributed by atoms with Crippen LogP contribution in [0.25, 0.3) is 0 Å². The van der Waals surface area contributed by atoms with E-state index in [1.54, 1.807) is 18.2 Å². The number of benzene rings is 1. The molecule has 1 saturated carbocycles. The maximum atomic E-state index is 11.1. The SMILES string of the molecule is C[C@H](CO)Nc1nc(NCc2ccccc2[N+](=O)[O-])cc(C2CC2)n1. The molecule has 1 aromatic heterocycles. The van der Waals surface area contributed by atoms with Crippen LogP contribution in [0.3, 0.4) is 0 Å². The molecule has 2 aromatic rings. The Morgan fingerprint density at radius 3 is 2.80 bits per heavy atom. The van der Waals surface area contributed by atoms with Gasteiger partial charge in [-0.15, -0.1) is 0 Å². The summed E-state index contributed by atoms with van der Waals surface area (Å²) in [6.07, 6.45) is 2.21. The zero-order chi connectivity index (χ0) is 17.8. The minimum Gasteiger partial charge on any atom is -0.394 e. The van der Waals surface area contributed by atoms with Gasteiger partial charge in [0.05, 0.1) is 17.2 Å². The molecule has 132 valence electrons. The van der Waals surface area contributed by atoms with Crippen LogP contribution in [-0.4, -0.2) is 32.6 Å². The van der Waals surface area contributed by atoms with E-state index in [1.165, 1.54) is 6.07 Å². The molecule has 0 aliphatic heterocycles. The first-order valence-electron chi connectivity index (χ1n) is 8.29. The highest BCUT2D eigenvalue weighted by Crippen LogP contribution is 2.40. The maximum Gasteiger partial charge on any atom is 0.274 e. The molecule has 8 nitrogen and oxygen atoms in total. The Labute approximate surface area is 145 Å². The summed E-state index contributed by atoms with van der Waals surface area (Å²) >= 11 is 0. The van der Waals surface area contributed by atoms with Crippen molar-refractivity contribution in [2.24, 2.45) is 0 Å². The van der Waals surface area contributed by atoms with Crippen LogP contribution in [0, 0.1) is 10.1 Å². The molecule has 3 rings (SSSR count). The van der Waals surface area contributed by atoms with Crippen molar-refractivity contribution in [3.63, 3.8) is 0 Å². The van der Waals surface area contributed by atoms with Crippen molar-refractivity contribution in [2.45, 2.75) is 38.3 Å². The molecule has 1 fully saturated rings. The number of aliphatic hydroxyl groups excluding tert-OH is 1. The van der Waals surface area contributed by atoms with Gasteiger partial charge in [-0.3, -0.25) is 10.1 Å². The van der Waals surface area contributed by atoms with Gasteiger partial charge >= 0.3 is 0 Å². The molecule has 0 bridgehead atoms. The number of rotatable bonds is 8. The molecule has 1 aliphatic carbocycles. The molecule has 25 heavy (non-hydrogen) atoms. The van der Waals surface area contributed by atoms with Crippen molar-refractivity contribution in [1.82, 2.24) is 9.97 Å². The number of aromatic nitrogens is 2. The molecule has 0 spiro atoms. The Kier molecular flexibility index (Phi) is 5.08. The lowest BCUT2D eigenvalue weighted by atomic mass is 10.2. The summed E-state index contributed by atoms with van der Waals surface area (Å²) < 4.78 is 0. The molecule has 0 radical (unpaired) electrons. The summed E-state index contributed by atoms with van der Waals surface area (Å²) in [5.74, 6) is 1.51. The van der Waals surface area contributed by atoms with Crippen LogP contribution < -0.4 is 10.6 Å². The third-order valence-electron chi connectivity index (χ3n) is 4.04. The highest BCUT2D eigenvalue weighted by Gasteiger charge is 2.26. The summed E-state index contributed by atoms with van der Waals surface area (Å²) in [6, 6.07) is 8.37. The standard InChI is InChI=1S/C17H21N5O3/c1-11(10-23)19-17-20-14(12-6-7-12)8-16(21-17)18-9-13-4-2-3-5-15(13)22(24)25/h2-5,8,11-12,23H,6-7,9-10H2,1H3,(H2,18,19,20,21)/t11-/m1/s1. The Morgan fingerprint density at radius 1 is 1.36 bits per heavy atom. The minimum absolute atomic E-state index is 0.0179. The van der Waals surface area contributed by atoms with Gasteiger partial charge in [0, 0.05) is 36.2 Å². The molecule has 1 atom stereocenters. The molecule has 0 saturated heterocycles. The zero-order valence-corrected chi connectivity index (χ0v) is 14.0. The lowest BCUT2D eigenvalue weighted by Crippen LogP contribution is -2.21. The molecule has 0 amide bonds. The number of hydrogen-bond acceptors (Lipinski definition) is 7. The van der Waals surface area contributed by atoms with Gasteiger partial charge in [-0.25, -0.2) is 4.98 Å². The van der Waals surface area contributed by atoms with E-state index >= 15 is 0 Å². The van der Waals surface area contributed by atoms with Crippen molar-refractivity contribution < 1.29 is 10.0 Å². The first-order valence-corrected chi connectivity index (χ1v) is 8.29. The second-order valence-corrected chi connectivity index (χ2v) is 6.24. The number of nitrogens with zero attached hydrogens (tertiary/aromatic N) is 3. The van der Waals surface area contributed by atoms with Gasteiger partial charge in [0.2, 0.25) is 5.95 Å². The van der Waals surface area contributed by atoms with Crippen molar-refractivity contribution in [1.29, 1.82) is 0 Å². The molecular formula is C17H21N5O3. The summed E-state index contributed by atoms with van der Waals surface area (Å²) in [5.41, 5.74) is 1.63. The second-order valence-electron chi connectivity index (χ2n) is 6.24. The molecule has 1 heterocycles. The van der Waals surface area contributed by atoms with Gasteiger partial charge in [0.25, 0.3) is 5.69 Å². The summed E-state index contributed by atoms with van der Waals surface area (Å²) in [5, 5.41) is 26.5. The molecule has 3 N–H and O–H groups in total. The minimum atomic E-state index is -0.386. The third-order valence-corrected chi connectivity index (χ3v) is 4.04. The lowest BCUT2D eigenvalue weighted by molar-refractivity contribution is -0.385. The first kappa shape index (κ1) is 17.1. The number of nitro benzene ring substituents is 1. The number of nitro groups is 1. The average molecular weight is 343 g/mol. The number of nitrogens with one attached hydrogen (secondary N) is 2. The quantitative estimate of drug-likeness (QED) is 0.499. The molecule has 1 aromatic carbocycles. The van der Waals surface area contributed by atoms with Gasteiger partial charge in [-0.1, -0.05) is 18.2 Å². The fourth-order valence-corrected chi connectivity index (χ4v) is 2.50. The number of para-hydroxylation sites is 1. The Hall–Kier alpha value is -2.74. The van der Waals surface area contributed by atoms with Crippen LogP contribution >= 0.6 is 0 Å². The van der Waals surface area contributed by atoms with Gasteiger partial charge in [-0.2, -0.15) is 4.98 Å². The topological polar surface area (TPSA) is 113 Å². The average Bonchev–Trinajstić information content (AvgIpc) is 3.45. The molecular weight excluding hydrogens is 322 g/mol. The van der Waals surface area contributed by atoms with E-state index in [1.807, 2.05) is 13.0 Å². The second kappa shape index (κ2) is 7.43. The number of anilines is 2. The fourth-order valence-electron chi connectivity index (χ4n) is 2.50. The summed E-state index contributed by atoms with van der Waals surface area (Å²) in [4.78, 5) is 19.6. The largest absolute Gasteiger partial charge is 0.394 e. The zero-order valence-electron chi connectivity index (χ0n) is 14.0. The van der Waals surface area contributed by atoms with E-state index < -0.39 is 0 Å². The van der Waals surface area contributed by atoms with E-state index in [4.69, 9.17) is 0 Å². The Bertz CT molecular complexity index is 764. The van der Waals surface area contributed by atoms with Crippen molar-refractivity contribution in [3.05, 3.63) is 51.7 Å². The molecule has 8 heteroatoms. The van der Waals surface area contributed by atoms with Crippen molar-refractivity contribution >= 4 is 17.5 Å². The predicted molar refractivity (Wildman–Crippen MR) is 94.6 cm³/mol. The van der Waals surface area contributed by atoms with E-state index in [0.29, 0.717) is 29.8 Å². The van der Waals surface area contributed by atoms with Crippen LogP contribution in [-0.2, 0) is 6.54 Å². The van der Waals surface area contributed by atoms with Crippen LogP contribution in [0.1, 0.15) is 36.9 Å². The first-order chi connectivity index (χ1) is 12.1. The summed E-state index contributed by atoms with van der Waals surface area (Å²) in [7, 11) is 0. The van der Waals surface area contributed by atoms with Crippen molar-refractivity contribution in [2.75, 3.05) is 17.2 Å². The van der Waals surface area contributed by atoms with E-state index in [9.17, 15) is 15.2 Å². The smallest absolute Gasteiger partial charge is 0.274 e. The van der Waals surface area contributed by atoms with Crippen LogP contribution in [0.4, 0.5) is 17.5 Å². The highest BCUT2D eigenvalue weighted by molar-refractivity contribution is 5.47. The van der Waals surface area contributed by atoms with Gasteiger partial charge in [-0.05, 0) is 19.8 Å². The van der Waals surface area contributed by atoms with E-state index in [-0.39, 0.29) is 23.3 Å². The summed E-state index contributed by atoms with van der Waals surface area (Å²) in [6.45, 7) is 2.12. The van der Waals surface area contributed by atoms with E-state index in [2.05, 4.69) is 20.6 Å². The van der Waals surface area contributed by atoms with Gasteiger partial charge < -0.3 is 15.7 Å². The Morgan fingerprint density at radius 2 is 2.12 bits per heavy atom. The highest BCUT2D eigenvalue weighted by atomic mass is 16.6. The van der Waals surface area contributed by atoms with Crippen LogP contribution in [0.5, 0.6) is 0 Å². The van der Waals surface area contributed by atoms with Gasteiger partial charge in [0.1, 0.15) is 5.82 Å². The van der Waals surface area contributed by atoms with Gasteiger partial charge in [0.15, 0.2) is 0 Å². The lowest BCUT2D eigenvalue weighted by Gasteiger charge is -2.14. The van der Waals surface area contributed by atoms with Crippen LogP contribution in [0.2, 0.25) is 0 Å². The predicted octanol–water partition coefficient (Wildman–Crippen LogP) is 2.67. The molecule has 0 unspecified atom stereocenters. The van der Waals surface area contributed by atoms with E-state index in [0.717, 1.165) is 18.5 Å². The number of hydrogen-bond donors (Lipinski definition) is 3. The molecule has 1 aliphatic rings. The maximum absolute atomic E-state index is 11.1. The fraction of sp³-hybridized carbons (Fsp3) is 0.412. The monoisotopic (exact) mass is 343 g/mol. The van der Waals surface area contributed by atoms with Crippen LogP contribution in [0.15, 0.2) is 30.3 Å². The number of aliphatic hydroxyl groups is 1. The third kappa shape index (κ3) is 4.42. The van der Waals surface area contributed by atoms with Crippen molar-refractivity contribution in [3.8, 4) is 0 Å². The normalized spacial score (nSPS) is 14.8. The Balaban J connectivity index is 1.78.